The SMILES string of the molecule is Cc1cc(C)c2c(=O)[nH]c(-c3cc(C)c(OCCN4CCCC4)c(C)c3)nc2c1. The third-order valence-electron chi connectivity index (χ3n) is 5.74. The molecule has 3 aromatic rings. The second-order valence-corrected chi connectivity index (χ2v) is 8.23. The molecule has 1 N–H and O–H groups in total. The van der Waals surface area contributed by atoms with Crippen LogP contribution in [0.2, 0.25) is 0 Å². The number of benzene rings is 2. The highest BCUT2D eigenvalue weighted by Gasteiger charge is 2.14. The zero-order valence-corrected chi connectivity index (χ0v) is 17.8. The topological polar surface area (TPSA) is 58.2 Å². The first-order chi connectivity index (χ1) is 13.9. The Labute approximate surface area is 171 Å². The molecule has 0 aliphatic carbocycles. The Hall–Kier alpha value is -2.66. The van der Waals surface area contributed by atoms with Crippen LogP contribution in [0, 0.1) is 27.7 Å². The molecule has 1 saturated heterocycles. The average molecular weight is 392 g/mol. The van der Waals surface area contributed by atoms with Crippen molar-refractivity contribution in [2.75, 3.05) is 26.2 Å². The quantitative estimate of drug-likeness (QED) is 0.705. The van der Waals surface area contributed by atoms with Gasteiger partial charge in [0.15, 0.2) is 0 Å². The fraction of sp³-hybridized carbons (Fsp3) is 0.417. The van der Waals surface area contributed by atoms with E-state index in [2.05, 4.69) is 23.7 Å². The maximum atomic E-state index is 12.7. The molecule has 4 rings (SSSR count). The van der Waals surface area contributed by atoms with E-state index in [-0.39, 0.29) is 5.56 Å². The summed E-state index contributed by atoms with van der Waals surface area (Å²) in [5.41, 5.74) is 5.73. The summed E-state index contributed by atoms with van der Waals surface area (Å²) in [4.78, 5) is 22.9. The maximum absolute atomic E-state index is 12.7. The zero-order chi connectivity index (χ0) is 20.5. The van der Waals surface area contributed by atoms with Gasteiger partial charge in [-0.05, 0) is 94.1 Å². The monoisotopic (exact) mass is 391 g/mol. The van der Waals surface area contributed by atoms with E-state index in [0.29, 0.717) is 17.8 Å². The minimum absolute atomic E-state index is 0.0938. The van der Waals surface area contributed by atoms with Crippen molar-refractivity contribution in [3.63, 3.8) is 0 Å². The summed E-state index contributed by atoms with van der Waals surface area (Å²) in [6.45, 7) is 12.1. The van der Waals surface area contributed by atoms with Gasteiger partial charge in [-0.25, -0.2) is 4.98 Å². The van der Waals surface area contributed by atoms with Crippen LogP contribution in [0.25, 0.3) is 22.3 Å². The van der Waals surface area contributed by atoms with Gasteiger partial charge in [0, 0.05) is 12.1 Å². The van der Waals surface area contributed by atoms with Gasteiger partial charge in [-0.15, -0.1) is 0 Å². The highest BCUT2D eigenvalue weighted by atomic mass is 16.5. The molecular formula is C24H29N3O2. The third kappa shape index (κ3) is 4.06. The molecule has 29 heavy (non-hydrogen) atoms. The van der Waals surface area contributed by atoms with Crippen LogP contribution in [0.15, 0.2) is 29.1 Å². The Morgan fingerprint density at radius 1 is 1.00 bits per heavy atom. The van der Waals surface area contributed by atoms with E-state index in [1.54, 1.807) is 0 Å². The van der Waals surface area contributed by atoms with Crippen molar-refractivity contribution in [2.45, 2.75) is 40.5 Å². The van der Waals surface area contributed by atoms with E-state index in [1.165, 1.54) is 25.9 Å². The van der Waals surface area contributed by atoms with E-state index < -0.39 is 0 Å². The minimum atomic E-state index is -0.0938. The summed E-state index contributed by atoms with van der Waals surface area (Å²) in [5.74, 6) is 1.53. The molecule has 152 valence electrons. The number of aromatic amines is 1. The number of likely N-dealkylation sites (tertiary alicyclic amines) is 1. The number of hydrogen-bond acceptors (Lipinski definition) is 4. The molecule has 1 aliphatic heterocycles. The molecule has 0 spiro atoms. The lowest BCUT2D eigenvalue weighted by Crippen LogP contribution is -2.25. The normalized spacial score (nSPS) is 14.6. The second kappa shape index (κ2) is 7.99. The number of H-pyrrole nitrogens is 1. The van der Waals surface area contributed by atoms with E-state index in [4.69, 9.17) is 9.72 Å². The summed E-state index contributed by atoms with van der Waals surface area (Å²) >= 11 is 0. The highest BCUT2D eigenvalue weighted by molar-refractivity contribution is 5.83. The van der Waals surface area contributed by atoms with Gasteiger partial charge in [0.2, 0.25) is 0 Å². The van der Waals surface area contributed by atoms with Crippen LogP contribution >= 0.6 is 0 Å². The maximum Gasteiger partial charge on any atom is 0.259 e. The van der Waals surface area contributed by atoms with Crippen LogP contribution in [0.1, 0.15) is 35.1 Å². The largest absolute Gasteiger partial charge is 0.492 e. The second-order valence-electron chi connectivity index (χ2n) is 8.23. The average Bonchev–Trinajstić information content (AvgIpc) is 3.16. The van der Waals surface area contributed by atoms with Gasteiger partial charge in [0.05, 0.1) is 10.9 Å². The lowest BCUT2D eigenvalue weighted by Gasteiger charge is -2.18. The lowest BCUT2D eigenvalue weighted by molar-refractivity contribution is 0.236. The predicted molar refractivity (Wildman–Crippen MR) is 118 cm³/mol. The van der Waals surface area contributed by atoms with Crippen molar-refractivity contribution in [2.24, 2.45) is 0 Å². The Morgan fingerprint density at radius 3 is 2.38 bits per heavy atom. The first kappa shape index (κ1) is 19.6. The summed E-state index contributed by atoms with van der Waals surface area (Å²) < 4.78 is 6.11. The van der Waals surface area contributed by atoms with Gasteiger partial charge in [-0.1, -0.05) is 6.07 Å². The number of aryl methyl sites for hydroxylation is 4. The molecule has 1 aromatic heterocycles. The van der Waals surface area contributed by atoms with Crippen molar-refractivity contribution in [3.05, 3.63) is 56.9 Å². The standard InChI is InChI=1S/C24H29N3O2/c1-15-11-16(2)21-20(12-15)25-23(26-24(21)28)19-13-17(3)22(18(4)14-19)29-10-9-27-7-5-6-8-27/h11-14H,5-10H2,1-4H3,(H,25,26,28). The van der Waals surface area contributed by atoms with Crippen LogP contribution < -0.4 is 10.3 Å². The van der Waals surface area contributed by atoms with Gasteiger partial charge in [0.25, 0.3) is 5.56 Å². The summed E-state index contributed by atoms with van der Waals surface area (Å²) in [6, 6.07) is 8.08. The number of hydrogen-bond donors (Lipinski definition) is 1. The first-order valence-electron chi connectivity index (χ1n) is 10.4. The highest BCUT2D eigenvalue weighted by Crippen LogP contribution is 2.29. The molecule has 0 bridgehead atoms. The fourth-order valence-corrected chi connectivity index (χ4v) is 4.38. The number of nitrogens with one attached hydrogen (secondary N) is 1. The summed E-state index contributed by atoms with van der Waals surface area (Å²) in [5, 5.41) is 0.662. The Balaban J connectivity index is 1.63. The zero-order valence-electron chi connectivity index (χ0n) is 17.8. The van der Waals surface area contributed by atoms with Crippen molar-refractivity contribution in [1.82, 2.24) is 14.9 Å². The van der Waals surface area contributed by atoms with E-state index in [0.717, 1.165) is 45.6 Å². The van der Waals surface area contributed by atoms with Crippen LogP contribution in [0.4, 0.5) is 0 Å². The number of rotatable bonds is 5. The van der Waals surface area contributed by atoms with Gasteiger partial charge >= 0.3 is 0 Å². The van der Waals surface area contributed by atoms with Crippen LogP contribution in [-0.2, 0) is 0 Å². The first-order valence-corrected chi connectivity index (χ1v) is 10.4. The molecule has 5 nitrogen and oxygen atoms in total. The molecule has 0 radical (unpaired) electrons. The van der Waals surface area contributed by atoms with Gasteiger partial charge < -0.3 is 9.72 Å². The number of fused-ring (bicyclic) bond motifs is 1. The van der Waals surface area contributed by atoms with Crippen molar-refractivity contribution < 1.29 is 4.74 Å². The Morgan fingerprint density at radius 2 is 1.69 bits per heavy atom. The van der Waals surface area contributed by atoms with Crippen molar-refractivity contribution >= 4 is 10.9 Å². The number of aromatic nitrogens is 2. The number of nitrogens with zero attached hydrogens (tertiary/aromatic N) is 2. The smallest absolute Gasteiger partial charge is 0.259 e. The van der Waals surface area contributed by atoms with Gasteiger partial charge in [0.1, 0.15) is 18.2 Å². The third-order valence-corrected chi connectivity index (χ3v) is 5.74. The summed E-state index contributed by atoms with van der Waals surface area (Å²) in [6.07, 6.45) is 2.59. The van der Waals surface area contributed by atoms with E-state index in [1.807, 2.05) is 38.1 Å². The van der Waals surface area contributed by atoms with Crippen LogP contribution in [-0.4, -0.2) is 41.1 Å². The fourth-order valence-electron chi connectivity index (χ4n) is 4.38. The molecule has 0 amide bonds. The number of ether oxygens (including phenoxy) is 1. The Kier molecular flexibility index (Phi) is 5.41. The van der Waals surface area contributed by atoms with Crippen molar-refractivity contribution in [3.8, 4) is 17.1 Å². The predicted octanol–water partition coefficient (Wildman–Crippen LogP) is 4.30. The van der Waals surface area contributed by atoms with E-state index >= 15 is 0 Å². The summed E-state index contributed by atoms with van der Waals surface area (Å²) in [7, 11) is 0. The molecule has 1 aliphatic rings. The molecule has 0 atom stereocenters. The van der Waals surface area contributed by atoms with E-state index in [9.17, 15) is 4.79 Å². The molecular weight excluding hydrogens is 362 g/mol. The van der Waals surface area contributed by atoms with Crippen molar-refractivity contribution in [1.29, 1.82) is 0 Å². The van der Waals surface area contributed by atoms with Crippen LogP contribution in [0.5, 0.6) is 5.75 Å². The molecule has 0 saturated carbocycles. The molecule has 5 heteroatoms. The lowest BCUT2D eigenvalue weighted by atomic mass is 10.0. The molecule has 0 unspecified atom stereocenters. The van der Waals surface area contributed by atoms with Crippen LogP contribution in [0.3, 0.4) is 0 Å². The molecule has 2 heterocycles. The molecule has 2 aromatic carbocycles. The molecule has 1 fully saturated rings. The van der Waals surface area contributed by atoms with Gasteiger partial charge in [-0.3, -0.25) is 9.69 Å². The van der Waals surface area contributed by atoms with Gasteiger partial charge in [-0.2, -0.15) is 0 Å². The minimum Gasteiger partial charge on any atom is -0.492 e. The Bertz CT molecular complexity index is 1090.